The van der Waals surface area contributed by atoms with E-state index in [1.165, 1.54) is 0 Å². The highest BCUT2D eigenvalue weighted by Crippen LogP contribution is 2.30. The molecule has 2 aromatic rings. The highest BCUT2D eigenvalue weighted by Gasteiger charge is 2.16. The van der Waals surface area contributed by atoms with Crippen LogP contribution in [0.25, 0.3) is 11.1 Å². The molecule has 1 heterocycles. The standard InChI is InChI=1S/C21H24N4O2/c1-16-4-6-18(13-21(16)25(26)27)20-7-5-17(12-19(20)14-22)15-24-9-3-8-23(2)10-11-24/h4-7,12-13H,3,8-11,15H2,1-2H3. The van der Waals surface area contributed by atoms with Gasteiger partial charge in [-0.3, -0.25) is 15.0 Å². The number of rotatable bonds is 4. The van der Waals surface area contributed by atoms with Crippen molar-refractivity contribution in [2.24, 2.45) is 0 Å². The number of benzene rings is 2. The summed E-state index contributed by atoms with van der Waals surface area (Å²) in [6.45, 7) is 6.77. The fourth-order valence-electron chi connectivity index (χ4n) is 3.52. The van der Waals surface area contributed by atoms with Gasteiger partial charge in [0.1, 0.15) is 0 Å². The van der Waals surface area contributed by atoms with E-state index in [1.54, 1.807) is 19.1 Å². The van der Waals surface area contributed by atoms with Gasteiger partial charge in [0.15, 0.2) is 0 Å². The number of nitro benzene ring substituents is 1. The van der Waals surface area contributed by atoms with E-state index in [9.17, 15) is 15.4 Å². The third-order valence-corrected chi connectivity index (χ3v) is 5.14. The molecule has 1 aliphatic rings. The van der Waals surface area contributed by atoms with E-state index in [-0.39, 0.29) is 10.6 Å². The molecule has 1 aliphatic heterocycles. The molecule has 27 heavy (non-hydrogen) atoms. The summed E-state index contributed by atoms with van der Waals surface area (Å²) < 4.78 is 0. The Morgan fingerprint density at radius 2 is 1.96 bits per heavy atom. The third kappa shape index (κ3) is 4.51. The summed E-state index contributed by atoms with van der Waals surface area (Å²) >= 11 is 0. The van der Waals surface area contributed by atoms with Crippen LogP contribution < -0.4 is 0 Å². The van der Waals surface area contributed by atoms with Gasteiger partial charge in [-0.1, -0.05) is 24.3 Å². The van der Waals surface area contributed by atoms with Crippen LogP contribution in [0.5, 0.6) is 0 Å². The maximum atomic E-state index is 11.2. The first-order valence-corrected chi connectivity index (χ1v) is 9.17. The molecular weight excluding hydrogens is 340 g/mol. The normalized spacial score (nSPS) is 15.9. The average Bonchev–Trinajstić information content (AvgIpc) is 2.86. The number of aryl methyl sites for hydroxylation is 1. The SMILES string of the molecule is Cc1ccc(-c2ccc(CN3CCCN(C)CC3)cc2C#N)cc1[N+](=O)[O-]. The number of hydrogen-bond acceptors (Lipinski definition) is 5. The third-order valence-electron chi connectivity index (χ3n) is 5.14. The fraction of sp³-hybridized carbons (Fsp3) is 0.381. The first-order chi connectivity index (χ1) is 13.0. The lowest BCUT2D eigenvalue weighted by atomic mass is 9.96. The fourth-order valence-corrected chi connectivity index (χ4v) is 3.52. The van der Waals surface area contributed by atoms with Crippen LogP contribution in [0.1, 0.15) is 23.1 Å². The monoisotopic (exact) mass is 364 g/mol. The van der Waals surface area contributed by atoms with E-state index in [4.69, 9.17) is 0 Å². The molecule has 0 amide bonds. The van der Waals surface area contributed by atoms with Crippen LogP contribution in [0, 0.1) is 28.4 Å². The second-order valence-corrected chi connectivity index (χ2v) is 7.18. The van der Waals surface area contributed by atoms with E-state index in [0.717, 1.165) is 50.3 Å². The molecule has 0 atom stereocenters. The molecule has 3 rings (SSSR count). The Bertz CT molecular complexity index is 888. The minimum atomic E-state index is -0.379. The molecular formula is C21H24N4O2. The molecule has 6 nitrogen and oxygen atoms in total. The van der Waals surface area contributed by atoms with Crippen LogP contribution in [-0.4, -0.2) is 47.9 Å². The second-order valence-electron chi connectivity index (χ2n) is 7.18. The first kappa shape index (κ1) is 19.0. The van der Waals surface area contributed by atoms with Crippen molar-refractivity contribution in [2.75, 3.05) is 33.2 Å². The number of hydrogen-bond donors (Lipinski definition) is 0. The number of nitriles is 1. The van der Waals surface area contributed by atoms with Gasteiger partial charge in [0.2, 0.25) is 0 Å². The van der Waals surface area contributed by atoms with Crippen molar-refractivity contribution in [3.05, 3.63) is 63.2 Å². The van der Waals surface area contributed by atoms with Gasteiger partial charge in [0.25, 0.3) is 5.69 Å². The number of likely N-dealkylation sites (N-methyl/N-ethyl adjacent to an activating group) is 1. The highest BCUT2D eigenvalue weighted by molar-refractivity contribution is 5.73. The van der Waals surface area contributed by atoms with Gasteiger partial charge in [-0.2, -0.15) is 5.26 Å². The molecule has 1 fully saturated rings. The minimum absolute atomic E-state index is 0.0779. The van der Waals surface area contributed by atoms with Gasteiger partial charge in [0, 0.05) is 31.3 Å². The molecule has 0 radical (unpaired) electrons. The van der Waals surface area contributed by atoms with Crippen LogP contribution in [-0.2, 0) is 6.54 Å². The summed E-state index contributed by atoms with van der Waals surface area (Å²) in [7, 11) is 2.15. The first-order valence-electron chi connectivity index (χ1n) is 9.17. The molecule has 6 heteroatoms. The summed E-state index contributed by atoms with van der Waals surface area (Å²) in [6, 6.07) is 13.2. The van der Waals surface area contributed by atoms with E-state index in [0.29, 0.717) is 16.7 Å². The molecule has 2 aromatic carbocycles. The Labute approximate surface area is 159 Å². The Morgan fingerprint density at radius 3 is 2.70 bits per heavy atom. The quantitative estimate of drug-likeness (QED) is 0.612. The van der Waals surface area contributed by atoms with Crippen molar-refractivity contribution >= 4 is 5.69 Å². The summed E-state index contributed by atoms with van der Waals surface area (Å²) in [5.74, 6) is 0. The molecule has 0 saturated carbocycles. The highest BCUT2D eigenvalue weighted by atomic mass is 16.6. The lowest BCUT2D eigenvalue weighted by Crippen LogP contribution is -2.28. The Balaban J connectivity index is 1.86. The molecule has 0 spiro atoms. The van der Waals surface area contributed by atoms with Crippen molar-refractivity contribution in [2.45, 2.75) is 19.9 Å². The van der Waals surface area contributed by atoms with Crippen molar-refractivity contribution < 1.29 is 4.92 Å². The van der Waals surface area contributed by atoms with Gasteiger partial charge in [-0.15, -0.1) is 0 Å². The number of nitrogens with zero attached hydrogens (tertiary/aromatic N) is 4. The van der Waals surface area contributed by atoms with E-state index in [2.05, 4.69) is 22.9 Å². The van der Waals surface area contributed by atoms with Gasteiger partial charge in [-0.05, 0) is 56.2 Å². The minimum Gasteiger partial charge on any atom is -0.305 e. The zero-order valence-electron chi connectivity index (χ0n) is 15.8. The maximum absolute atomic E-state index is 11.2. The predicted octanol–water partition coefficient (Wildman–Crippen LogP) is 3.58. The smallest absolute Gasteiger partial charge is 0.272 e. The summed E-state index contributed by atoms with van der Waals surface area (Å²) in [6.07, 6.45) is 1.15. The summed E-state index contributed by atoms with van der Waals surface area (Å²) in [4.78, 5) is 15.6. The average molecular weight is 364 g/mol. The maximum Gasteiger partial charge on any atom is 0.272 e. The molecule has 0 bridgehead atoms. The summed E-state index contributed by atoms with van der Waals surface area (Å²) in [5.41, 5.74) is 3.78. The van der Waals surface area contributed by atoms with E-state index in [1.807, 2.05) is 24.3 Å². The van der Waals surface area contributed by atoms with Gasteiger partial charge in [0.05, 0.1) is 16.6 Å². The zero-order valence-corrected chi connectivity index (χ0v) is 15.8. The van der Waals surface area contributed by atoms with Crippen molar-refractivity contribution in [3.63, 3.8) is 0 Å². The molecule has 0 unspecified atom stereocenters. The Morgan fingerprint density at radius 1 is 1.15 bits per heavy atom. The zero-order chi connectivity index (χ0) is 19.4. The topological polar surface area (TPSA) is 73.4 Å². The molecule has 1 saturated heterocycles. The summed E-state index contributed by atoms with van der Waals surface area (Å²) in [5, 5.41) is 20.8. The molecule has 140 valence electrons. The van der Waals surface area contributed by atoms with Gasteiger partial charge in [-0.25, -0.2) is 0 Å². The van der Waals surface area contributed by atoms with Crippen LogP contribution in [0.2, 0.25) is 0 Å². The van der Waals surface area contributed by atoms with Crippen molar-refractivity contribution in [3.8, 4) is 17.2 Å². The Kier molecular flexibility index (Phi) is 5.84. The van der Waals surface area contributed by atoms with Gasteiger partial charge < -0.3 is 4.90 Å². The Hall–Kier alpha value is -2.75. The van der Waals surface area contributed by atoms with Crippen LogP contribution in [0.3, 0.4) is 0 Å². The molecule has 0 aromatic heterocycles. The molecule has 0 N–H and O–H groups in total. The molecule has 0 aliphatic carbocycles. The lowest BCUT2D eigenvalue weighted by molar-refractivity contribution is -0.385. The number of nitro groups is 1. The largest absolute Gasteiger partial charge is 0.305 e. The van der Waals surface area contributed by atoms with Crippen molar-refractivity contribution in [1.82, 2.24) is 9.80 Å². The van der Waals surface area contributed by atoms with Crippen LogP contribution >= 0.6 is 0 Å². The predicted molar refractivity (Wildman–Crippen MR) is 105 cm³/mol. The van der Waals surface area contributed by atoms with E-state index >= 15 is 0 Å². The van der Waals surface area contributed by atoms with Crippen molar-refractivity contribution in [1.29, 1.82) is 5.26 Å². The van der Waals surface area contributed by atoms with Crippen LogP contribution in [0.4, 0.5) is 5.69 Å². The van der Waals surface area contributed by atoms with E-state index < -0.39 is 0 Å². The van der Waals surface area contributed by atoms with Crippen LogP contribution in [0.15, 0.2) is 36.4 Å². The lowest BCUT2D eigenvalue weighted by Gasteiger charge is -2.20. The second kappa shape index (κ2) is 8.30. The van der Waals surface area contributed by atoms with Gasteiger partial charge >= 0.3 is 0 Å².